The highest BCUT2D eigenvalue weighted by Crippen LogP contribution is 2.40. The summed E-state index contributed by atoms with van der Waals surface area (Å²) in [5, 5.41) is 9.42. The molecular weight excluding hydrogens is 709 g/mol. The van der Waals surface area contributed by atoms with Gasteiger partial charge in [0.1, 0.15) is 5.82 Å². The molecule has 0 N–H and O–H groups in total. The Kier molecular flexibility index (Phi) is 7.13. The van der Waals surface area contributed by atoms with Gasteiger partial charge in [0, 0.05) is 50.1 Å². The summed E-state index contributed by atoms with van der Waals surface area (Å²) in [6.07, 6.45) is 1.86. The van der Waals surface area contributed by atoms with Gasteiger partial charge in [0.15, 0.2) is 17.5 Å². The molecule has 0 unspecified atom stereocenters. The fourth-order valence-corrected chi connectivity index (χ4v) is 8.71. The zero-order chi connectivity index (χ0) is 38.2. The van der Waals surface area contributed by atoms with Crippen LogP contribution in [-0.2, 0) is 0 Å². The van der Waals surface area contributed by atoms with E-state index in [0.717, 1.165) is 55.5 Å². The van der Waals surface area contributed by atoms with Crippen LogP contribution in [0.15, 0.2) is 194 Å². The molecule has 0 atom stereocenters. The van der Waals surface area contributed by atoms with Gasteiger partial charge in [0.25, 0.3) is 0 Å². The topological polar surface area (TPSA) is 61.4 Å². The van der Waals surface area contributed by atoms with E-state index in [0.29, 0.717) is 17.5 Å². The molecule has 8 aromatic carbocycles. The second-order valence-corrected chi connectivity index (χ2v) is 14.7. The van der Waals surface area contributed by atoms with Crippen LogP contribution >= 0.6 is 0 Å². The third-order valence-electron chi connectivity index (χ3n) is 11.4. The number of benzene rings is 8. The number of para-hydroxylation sites is 2. The zero-order valence-corrected chi connectivity index (χ0v) is 31.2. The SMILES string of the molecule is c1ccc(-c2nc(-c3ccnc(-n4c5ccccc5c5cc6c7ccccc7n(-c7ccc8ccccc8c7)c6cc54)c3)nc(-c3cccc4ccccc34)n2)cc1. The molecule has 6 nitrogen and oxygen atoms in total. The summed E-state index contributed by atoms with van der Waals surface area (Å²) in [6.45, 7) is 0. The molecule has 12 rings (SSSR count). The Hall–Kier alpha value is -7.96. The molecule has 4 aromatic heterocycles. The predicted octanol–water partition coefficient (Wildman–Crippen LogP) is 12.8. The van der Waals surface area contributed by atoms with Crippen molar-refractivity contribution in [3.8, 4) is 45.7 Å². The van der Waals surface area contributed by atoms with Crippen molar-refractivity contribution in [2.24, 2.45) is 0 Å². The van der Waals surface area contributed by atoms with Crippen LogP contribution in [-0.4, -0.2) is 29.1 Å². The van der Waals surface area contributed by atoms with Crippen molar-refractivity contribution < 1.29 is 0 Å². The summed E-state index contributed by atoms with van der Waals surface area (Å²) < 4.78 is 4.67. The Balaban J connectivity index is 1.09. The van der Waals surface area contributed by atoms with Gasteiger partial charge in [0.2, 0.25) is 0 Å². The molecule has 0 aliphatic carbocycles. The highest BCUT2D eigenvalue weighted by atomic mass is 15.1. The lowest BCUT2D eigenvalue weighted by molar-refractivity contribution is 1.05. The Labute approximate surface area is 333 Å². The zero-order valence-electron chi connectivity index (χ0n) is 31.2. The second kappa shape index (κ2) is 12.8. The summed E-state index contributed by atoms with van der Waals surface area (Å²) in [7, 11) is 0. The van der Waals surface area contributed by atoms with E-state index < -0.39 is 0 Å². The maximum absolute atomic E-state index is 5.17. The molecule has 0 spiro atoms. The number of hydrogen-bond acceptors (Lipinski definition) is 4. The van der Waals surface area contributed by atoms with Crippen molar-refractivity contribution >= 4 is 65.2 Å². The maximum atomic E-state index is 5.17. The van der Waals surface area contributed by atoms with Crippen molar-refractivity contribution in [1.82, 2.24) is 29.1 Å². The first-order valence-corrected chi connectivity index (χ1v) is 19.5. The van der Waals surface area contributed by atoms with Gasteiger partial charge in [-0.3, -0.25) is 4.57 Å². The van der Waals surface area contributed by atoms with E-state index in [9.17, 15) is 0 Å². The van der Waals surface area contributed by atoms with Crippen LogP contribution < -0.4 is 0 Å². The van der Waals surface area contributed by atoms with Crippen molar-refractivity contribution in [1.29, 1.82) is 0 Å². The molecule has 0 radical (unpaired) electrons. The lowest BCUT2D eigenvalue weighted by Crippen LogP contribution is -2.02. The molecule has 12 aromatic rings. The molecule has 4 heterocycles. The Morgan fingerprint density at radius 1 is 0.328 bits per heavy atom. The Bertz CT molecular complexity index is 3580. The van der Waals surface area contributed by atoms with E-state index in [2.05, 4.69) is 161 Å². The molecule has 6 heteroatoms. The van der Waals surface area contributed by atoms with Crippen LogP contribution in [0.3, 0.4) is 0 Å². The summed E-state index contributed by atoms with van der Waals surface area (Å²) >= 11 is 0. The summed E-state index contributed by atoms with van der Waals surface area (Å²) in [4.78, 5) is 20.3. The van der Waals surface area contributed by atoms with Gasteiger partial charge < -0.3 is 4.57 Å². The molecule has 0 saturated heterocycles. The van der Waals surface area contributed by atoms with Gasteiger partial charge in [-0.15, -0.1) is 0 Å². The molecule has 0 bridgehead atoms. The van der Waals surface area contributed by atoms with Gasteiger partial charge in [-0.25, -0.2) is 19.9 Å². The van der Waals surface area contributed by atoms with Crippen molar-refractivity contribution in [3.63, 3.8) is 0 Å². The van der Waals surface area contributed by atoms with E-state index in [1.807, 2.05) is 42.6 Å². The number of pyridine rings is 1. The van der Waals surface area contributed by atoms with Crippen LogP contribution in [0.1, 0.15) is 0 Å². The number of rotatable bonds is 5. The molecule has 0 aliphatic heterocycles. The molecule has 0 amide bonds. The Morgan fingerprint density at radius 3 is 1.72 bits per heavy atom. The molecule has 58 heavy (non-hydrogen) atoms. The summed E-state index contributed by atoms with van der Waals surface area (Å²) in [6, 6.07) is 66.1. The van der Waals surface area contributed by atoms with Crippen molar-refractivity contribution in [2.75, 3.05) is 0 Å². The number of nitrogens with zero attached hydrogens (tertiary/aromatic N) is 6. The van der Waals surface area contributed by atoms with Gasteiger partial charge in [-0.1, -0.05) is 140 Å². The largest absolute Gasteiger partial charge is 0.309 e. The van der Waals surface area contributed by atoms with Crippen LogP contribution in [0.5, 0.6) is 0 Å². The van der Waals surface area contributed by atoms with E-state index in [1.54, 1.807) is 0 Å². The first kappa shape index (κ1) is 32.3. The summed E-state index contributed by atoms with van der Waals surface area (Å²) in [5.41, 5.74) is 8.31. The van der Waals surface area contributed by atoms with Crippen molar-refractivity contribution in [3.05, 3.63) is 194 Å². The summed E-state index contributed by atoms with van der Waals surface area (Å²) in [5.74, 6) is 2.61. The first-order chi connectivity index (χ1) is 28.7. The van der Waals surface area contributed by atoms with E-state index in [4.69, 9.17) is 19.9 Å². The van der Waals surface area contributed by atoms with Crippen LogP contribution in [0.25, 0.3) is 111 Å². The average molecular weight is 741 g/mol. The second-order valence-electron chi connectivity index (χ2n) is 14.7. The molecule has 0 fully saturated rings. The van der Waals surface area contributed by atoms with E-state index in [-0.39, 0.29) is 0 Å². The van der Waals surface area contributed by atoms with E-state index in [1.165, 1.54) is 37.8 Å². The molecule has 0 saturated carbocycles. The minimum Gasteiger partial charge on any atom is -0.309 e. The quantitative estimate of drug-likeness (QED) is 0.176. The van der Waals surface area contributed by atoms with Gasteiger partial charge in [-0.05, 0) is 70.1 Å². The third-order valence-corrected chi connectivity index (χ3v) is 11.4. The van der Waals surface area contributed by atoms with Gasteiger partial charge >= 0.3 is 0 Å². The maximum Gasteiger partial charge on any atom is 0.164 e. The average Bonchev–Trinajstić information content (AvgIpc) is 3.80. The number of hydrogen-bond donors (Lipinski definition) is 0. The monoisotopic (exact) mass is 740 g/mol. The van der Waals surface area contributed by atoms with Gasteiger partial charge in [-0.2, -0.15) is 0 Å². The number of fused-ring (bicyclic) bond motifs is 8. The first-order valence-electron chi connectivity index (χ1n) is 19.5. The van der Waals surface area contributed by atoms with Crippen molar-refractivity contribution in [2.45, 2.75) is 0 Å². The molecular formula is C52H32N6. The smallest absolute Gasteiger partial charge is 0.164 e. The molecule has 0 aliphatic rings. The van der Waals surface area contributed by atoms with Crippen LogP contribution in [0.2, 0.25) is 0 Å². The highest BCUT2D eigenvalue weighted by molar-refractivity contribution is 6.19. The lowest BCUT2D eigenvalue weighted by Gasteiger charge is -2.12. The Morgan fingerprint density at radius 2 is 0.931 bits per heavy atom. The third kappa shape index (κ3) is 5.05. The van der Waals surface area contributed by atoms with Crippen LogP contribution in [0.4, 0.5) is 0 Å². The lowest BCUT2D eigenvalue weighted by atomic mass is 10.0. The fraction of sp³-hybridized carbons (Fsp3) is 0. The minimum absolute atomic E-state index is 0.583. The molecule has 270 valence electrons. The predicted molar refractivity (Wildman–Crippen MR) is 238 cm³/mol. The van der Waals surface area contributed by atoms with E-state index >= 15 is 0 Å². The van der Waals surface area contributed by atoms with Gasteiger partial charge in [0.05, 0.1) is 22.1 Å². The standard InChI is InChI=1S/C52H32N6/c1-2-15-35(16-3-1)50-54-51(56-52(55-50)42-22-12-18-34-14-6-7-19-39(34)42)37-27-28-53-49(30-37)58-46-24-11-9-21-41(46)44-31-43-40-20-8-10-23-45(40)57(47(43)32-48(44)58)38-26-25-33-13-4-5-17-36(33)29-38/h1-32H. The minimum atomic E-state index is 0.583. The van der Waals surface area contributed by atoms with Crippen LogP contribution in [0, 0.1) is 0 Å². The normalized spacial score (nSPS) is 11.8. The fourth-order valence-electron chi connectivity index (χ4n) is 8.71. The highest BCUT2D eigenvalue weighted by Gasteiger charge is 2.20. The number of aromatic nitrogens is 6.